The lowest BCUT2D eigenvalue weighted by atomic mass is 9.99. The van der Waals surface area contributed by atoms with Gasteiger partial charge in [0.25, 0.3) is 0 Å². The maximum Gasteiger partial charge on any atom is 0.132 e. The normalized spacial score (nSPS) is 25.1. The molecule has 0 amide bonds. The quantitative estimate of drug-likeness (QED) is 0.874. The Balaban J connectivity index is 1.96. The number of nitrogens with one attached hydrogen (secondary N) is 1. The van der Waals surface area contributed by atoms with E-state index in [0.29, 0.717) is 17.1 Å². The van der Waals surface area contributed by atoms with E-state index in [2.05, 4.69) is 34.3 Å². The molecule has 1 aliphatic heterocycles. The summed E-state index contributed by atoms with van der Waals surface area (Å²) in [6, 6.07) is 6.74. The Morgan fingerprint density at radius 2 is 2.39 bits per heavy atom. The molecule has 5 heteroatoms. The topological polar surface area (TPSA) is 57.9 Å². The van der Waals surface area contributed by atoms with Crippen molar-refractivity contribution in [2.75, 3.05) is 20.1 Å². The number of fused-ring (bicyclic) bond motifs is 1. The Labute approximate surface area is 111 Å². The van der Waals surface area contributed by atoms with Crippen molar-refractivity contribution in [2.45, 2.75) is 12.5 Å². The number of likely N-dealkylation sites (tertiary alicyclic amines) is 1. The number of benzene rings is 1. The lowest BCUT2D eigenvalue weighted by molar-refractivity contribution is 0.314. The Kier molecular flexibility index (Phi) is 3.01. The molecule has 96 valence electrons. The van der Waals surface area contributed by atoms with Crippen molar-refractivity contribution in [1.29, 1.82) is 0 Å². The zero-order chi connectivity index (χ0) is 12.7. The Hall–Kier alpha value is -1.10. The fourth-order valence-corrected chi connectivity index (χ4v) is 3.06. The van der Waals surface area contributed by atoms with Crippen LogP contribution in [0.5, 0.6) is 0 Å². The van der Waals surface area contributed by atoms with Crippen LogP contribution in [0.15, 0.2) is 18.2 Å². The summed E-state index contributed by atoms with van der Waals surface area (Å²) >= 11 is 6.09. The molecule has 2 heterocycles. The molecule has 3 N–H and O–H groups in total. The Bertz CT molecular complexity index is 565. The second-order valence-electron chi connectivity index (χ2n) is 5.11. The molecule has 1 aromatic carbocycles. The third-order valence-electron chi connectivity index (χ3n) is 3.88. The summed E-state index contributed by atoms with van der Waals surface area (Å²) in [4.78, 5) is 2.37. The van der Waals surface area contributed by atoms with Gasteiger partial charge in [-0.1, -0.05) is 17.7 Å². The van der Waals surface area contributed by atoms with Crippen molar-refractivity contribution in [3.05, 3.63) is 28.9 Å². The van der Waals surface area contributed by atoms with Gasteiger partial charge in [-0.15, -0.1) is 0 Å². The van der Waals surface area contributed by atoms with Crippen molar-refractivity contribution in [3.63, 3.8) is 0 Å². The van der Waals surface area contributed by atoms with Crippen LogP contribution in [-0.4, -0.2) is 35.2 Å². The molecule has 2 aromatic rings. The SMILES string of the molecule is CN1CC(CN)CC1c1ccc2n[nH]c(Cl)c2c1. The van der Waals surface area contributed by atoms with Crippen molar-refractivity contribution in [3.8, 4) is 0 Å². The zero-order valence-electron chi connectivity index (χ0n) is 10.4. The highest BCUT2D eigenvalue weighted by atomic mass is 35.5. The average molecular weight is 265 g/mol. The van der Waals surface area contributed by atoms with Crippen molar-refractivity contribution >= 4 is 22.5 Å². The molecule has 0 radical (unpaired) electrons. The monoisotopic (exact) mass is 264 g/mol. The number of halogens is 1. The van der Waals surface area contributed by atoms with Gasteiger partial charge in [0, 0.05) is 18.0 Å². The molecule has 2 unspecified atom stereocenters. The number of rotatable bonds is 2. The lowest BCUT2D eigenvalue weighted by Crippen LogP contribution is -2.20. The molecular formula is C13H17ClN4. The molecule has 18 heavy (non-hydrogen) atoms. The molecular weight excluding hydrogens is 248 g/mol. The molecule has 0 saturated carbocycles. The first kappa shape index (κ1) is 12.0. The summed E-state index contributed by atoms with van der Waals surface area (Å²) in [5.74, 6) is 0.593. The number of aromatic nitrogens is 2. The predicted octanol–water partition coefficient (Wildman–Crippen LogP) is 2.17. The molecule has 2 atom stereocenters. The van der Waals surface area contributed by atoms with Gasteiger partial charge in [-0.3, -0.25) is 10.00 Å². The minimum Gasteiger partial charge on any atom is -0.330 e. The number of hydrogen-bond donors (Lipinski definition) is 2. The van der Waals surface area contributed by atoms with Gasteiger partial charge in [-0.2, -0.15) is 5.10 Å². The summed E-state index contributed by atoms with van der Waals surface area (Å²) in [6.45, 7) is 1.83. The van der Waals surface area contributed by atoms with Gasteiger partial charge in [0.2, 0.25) is 0 Å². The summed E-state index contributed by atoms with van der Waals surface area (Å²) in [5, 5.41) is 8.57. The average Bonchev–Trinajstić information content (AvgIpc) is 2.93. The van der Waals surface area contributed by atoms with Crippen LogP contribution < -0.4 is 5.73 Å². The highest BCUT2D eigenvalue weighted by molar-refractivity contribution is 6.34. The van der Waals surface area contributed by atoms with Gasteiger partial charge in [-0.25, -0.2) is 0 Å². The second kappa shape index (κ2) is 4.53. The summed E-state index contributed by atoms with van der Waals surface area (Å²) in [5.41, 5.74) is 7.98. The summed E-state index contributed by atoms with van der Waals surface area (Å²) in [6.07, 6.45) is 1.12. The predicted molar refractivity (Wildman–Crippen MR) is 73.6 cm³/mol. The van der Waals surface area contributed by atoms with Crippen molar-refractivity contribution in [2.24, 2.45) is 11.7 Å². The zero-order valence-corrected chi connectivity index (χ0v) is 11.1. The van der Waals surface area contributed by atoms with Crippen LogP contribution in [0.25, 0.3) is 10.9 Å². The molecule has 0 spiro atoms. The van der Waals surface area contributed by atoms with E-state index >= 15 is 0 Å². The molecule has 3 rings (SSSR count). The molecule has 0 bridgehead atoms. The third-order valence-corrected chi connectivity index (χ3v) is 4.17. The standard InChI is InChI=1S/C13H17ClN4/c1-18-7-8(6-15)4-12(18)9-2-3-11-10(5-9)13(14)17-16-11/h2-3,5,8,12H,4,6-7,15H2,1H3,(H,16,17). The Morgan fingerprint density at radius 1 is 1.56 bits per heavy atom. The minimum absolute atomic E-state index is 0.439. The van der Waals surface area contributed by atoms with Gasteiger partial charge in [-0.05, 0) is 43.6 Å². The van der Waals surface area contributed by atoms with Crippen LogP contribution in [0.4, 0.5) is 0 Å². The lowest BCUT2D eigenvalue weighted by Gasteiger charge is -2.19. The number of H-pyrrole nitrogens is 1. The largest absolute Gasteiger partial charge is 0.330 e. The van der Waals surface area contributed by atoms with Crippen LogP contribution in [0.1, 0.15) is 18.0 Å². The molecule has 1 saturated heterocycles. The first-order valence-corrected chi connectivity index (χ1v) is 6.60. The summed E-state index contributed by atoms with van der Waals surface area (Å²) in [7, 11) is 2.15. The molecule has 1 aliphatic rings. The number of hydrogen-bond acceptors (Lipinski definition) is 3. The number of nitrogens with zero attached hydrogens (tertiary/aromatic N) is 2. The van der Waals surface area contributed by atoms with E-state index in [4.69, 9.17) is 17.3 Å². The van der Waals surface area contributed by atoms with E-state index in [1.807, 2.05) is 6.07 Å². The van der Waals surface area contributed by atoms with E-state index in [1.165, 1.54) is 5.56 Å². The summed E-state index contributed by atoms with van der Waals surface area (Å²) < 4.78 is 0. The van der Waals surface area contributed by atoms with Crippen LogP contribution in [0.3, 0.4) is 0 Å². The Morgan fingerprint density at radius 3 is 3.11 bits per heavy atom. The maximum atomic E-state index is 6.09. The molecule has 0 aliphatic carbocycles. The fraction of sp³-hybridized carbons (Fsp3) is 0.462. The van der Waals surface area contributed by atoms with Gasteiger partial charge in [0.05, 0.1) is 5.52 Å². The molecule has 1 fully saturated rings. The fourth-order valence-electron chi connectivity index (χ4n) is 2.87. The van der Waals surface area contributed by atoms with Crippen molar-refractivity contribution < 1.29 is 0 Å². The molecule has 4 nitrogen and oxygen atoms in total. The van der Waals surface area contributed by atoms with Crippen LogP contribution in [0.2, 0.25) is 5.15 Å². The van der Waals surface area contributed by atoms with E-state index < -0.39 is 0 Å². The first-order chi connectivity index (χ1) is 8.69. The van der Waals surface area contributed by atoms with Gasteiger partial charge in [0.15, 0.2) is 0 Å². The van der Waals surface area contributed by atoms with Crippen LogP contribution in [-0.2, 0) is 0 Å². The highest BCUT2D eigenvalue weighted by Crippen LogP contribution is 2.35. The third kappa shape index (κ3) is 1.90. The first-order valence-electron chi connectivity index (χ1n) is 6.23. The van der Waals surface area contributed by atoms with E-state index in [1.54, 1.807) is 0 Å². The highest BCUT2D eigenvalue weighted by Gasteiger charge is 2.29. The second-order valence-corrected chi connectivity index (χ2v) is 5.48. The van der Waals surface area contributed by atoms with E-state index in [9.17, 15) is 0 Å². The number of aromatic amines is 1. The van der Waals surface area contributed by atoms with Gasteiger partial charge in [0.1, 0.15) is 5.15 Å². The maximum absolute atomic E-state index is 6.09. The minimum atomic E-state index is 0.439. The molecule has 1 aromatic heterocycles. The van der Waals surface area contributed by atoms with Gasteiger partial charge < -0.3 is 5.73 Å². The van der Waals surface area contributed by atoms with E-state index in [-0.39, 0.29) is 0 Å². The van der Waals surface area contributed by atoms with E-state index in [0.717, 1.165) is 30.4 Å². The van der Waals surface area contributed by atoms with Gasteiger partial charge >= 0.3 is 0 Å². The smallest absolute Gasteiger partial charge is 0.132 e. The van der Waals surface area contributed by atoms with Crippen LogP contribution in [0, 0.1) is 5.92 Å². The number of nitrogens with two attached hydrogens (primary N) is 1. The van der Waals surface area contributed by atoms with Crippen molar-refractivity contribution in [1.82, 2.24) is 15.1 Å². The van der Waals surface area contributed by atoms with Crippen LogP contribution >= 0.6 is 11.6 Å².